The molecule has 0 unspecified atom stereocenters. The minimum Gasteiger partial charge on any atom is -0.487 e. The maximum Gasteiger partial charge on any atom is 0.309 e. The van der Waals surface area contributed by atoms with Gasteiger partial charge < -0.3 is 15.2 Å². The summed E-state index contributed by atoms with van der Waals surface area (Å²) in [4.78, 5) is 11.4. The number of hydrogen-bond acceptors (Lipinski definition) is 4. The molecule has 2 aromatic rings. The van der Waals surface area contributed by atoms with Crippen molar-refractivity contribution in [2.24, 2.45) is 0 Å². The van der Waals surface area contributed by atoms with Crippen LogP contribution in [0.3, 0.4) is 0 Å². The molecule has 2 aromatic carbocycles. The van der Waals surface area contributed by atoms with Crippen molar-refractivity contribution in [3.63, 3.8) is 0 Å². The maximum absolute atomic E-state index is 11.4. The van der Waals surface area contributed by atoms with Gasteiger partial charge in [0.1, 0.15) is 12.4 Å². The first-order chi connectivity index (χ1) is 10.1. The molecule has 2 N–H and O–H groups in total. The van der Waals surface area contributed by atoms with Gasteiger partial charge in [-0.15, -0.1) is 0 Å². The van der Waals surface area contributed by atoms with E-state index in [1.54, 1.807) is 18.2 Å². The quantitative estimate of drug-likeness (QED) is 0.680. The highest BCUT2D eigenvalue weighted by molar-refractivity contribution is 6.30. The van der Waals surface area contributed by atoms with E-state index in [1.165, 1.54) is 7.11 Å². The first-order valence-corrected chi connectivity index (χ1v) is 6.79. The topological polar surface area (TPSA) is 61.5 Å². The fourth-order valence-corrected chi connectivity index (χ4v) is 2.09. The molecule has 0 spiro atoms. The molecule has 0 fully saturated rings. The third-order valence-electron chi connectivity index (χ3n) is 3.04. The van der Waals surface area contributed by atoms with Crippen molar-refractivity contribution >= 4 is 23.3 Å². The van der Waals surface area contributed by atoms with Crippen LogP contribution in [0, 0.1) is 0 Å². The molecule has 0 radical (unpaired) electrons. The molecule has 2 rings (SSSR count). The molecule has 0 aromatic heterocycles. The Morgan fingerprint density at radius 3 is 2.57 bits per heavy atom. The number of nitrogens with two attached hydrogens (primary N) is 1. The van der Waals surface area contributed by atoms with Gasteiger partial charge >= 0.3 is 5.97 Å². The Bertz CT molecular complexity index is 643. The van der Waals surface area contributed by atoms with Crippen molar-refractivity contribution in [3.05, 3.63) is 58.6 Å². The second-order valence-corrected chi connectivity index (χ2v) is 4.93. The summed E-state index contributed by atoms with van der Waals surface area (Å²) in [5, 5.41) is 0.561. The summed E-state index contributed by atoms with van der Waals surface area (Å²) in [6, 6.07) is 12.6. The summed E-state index contributed by atoms with van der Waals surface area (Å²) >= 11 is 5.85. The number of carbonyl (C=O) groups excluding carboxylic acids is 1. The molecule has 0 aliphatic rings. The molecule has 0 saturated heterocycles. The first-order valence-electron chi connectivity index (χ1n) is 6.41. The number of hydrogen-bond donors (Lipinski definition) is 1. The van der Waals surface area contributed by atoms with E-state index >= 15 is 0 Å². The van der Waals surface area contributed by atoms with Gasteiger partial charge in [0, 0.05) is 5.02 Å². The zero-order valence-corrected chi connectivity index (χ0v) is 12.4. The second-order valence-electron chi connectivity index (χ2n) is 4.49. The molecule has 0 heterocycles. The molecule has 4 nitrogen and oxygen atoms in total. The van der Waals surface area contributed by atoms with E-state index < -0.39 is 0 Å². The standard InChI is InChI=1S/C16H16ClNO3/c1-20-16(19)8-11-4-2-3-5-12(11)10-21-15-7-6-13(17)9-14(15)18/h2-7,9H,8,10,18H2,1H3. The summed E-state index contributed by atoms with van der Waals surface area (Å²) in [7, 11) is 1.37. The Morgan fingerprint density at radius 2 is 1.90 bits per heavy atom. The lowest BCUT2D eigenvalue weighted by Gasteiger charge is -2.12. The zero-order chi connectivity index (χ0) is 15.2. The number of ether oxygens (including phenoxy) is 2. The van der Waals surface area contributed by atoms with Gasteiger partial charge in [-0.05, 0) is 29.3 Å². The van der Waals surface area contributed by atoms with Crippen molar-refractivity contribution in [1.29, 1.82) is 0 Å². The highest BCUT2D eigenvalue weighted by Gasteiger charge is 2.09. The Balaban J connectivity index is 2.11. The van der Waals surface area contributed by atoms with Crippen LogP contribution >= 0.6 is 11.6 Å². The van der Waals surface area contributed by atoms with Gasteiger partial charge in [0.2, 0.25) is 0 Å². The number of benzene rings is 2. The molecule has 110 valence electrons. The molecule has 0 aliphatic heterocycles. The number of esters is 1. The van der Waals surface area contributed by atoms with Crippen LogP contribution in [-0.4, -0.2) is 13.1 Å². The maximum atomic E-state index is 11.4. The van der Waals surface area contributed by atoms with Gasteiger partial charge in [-0.3, -0.25) is 4.79 Å². The lowest BCUT2D eigenvalue weighted by atomic mass is 10.1. The number of anilines is 1. The van der Waals surface area contributed by atoms with Crippen molar-refractivity contribution in [2.45, 2.75) is 13.0 Å². The average Bonchev–Trinajstić information content (AvgIpc) is 2.47. The summed E-state index contributed by atoms with van der Waals surface area (Å²) < 4.78 is 10.4. The average molecular weight is 306 g/mol. The normalized spacial score (nSPS) is 10.2. The molecule has 5 heteroatoms. The largest absolute Gasteiger partial charge is 0.487 e. The van der Waals surface area contributed by atoms with Gasteiger partial charge in [-0.2, -0.15) is 0 Å². The molecular weight excluding hydrogens is 290 g/mol. The van der Waals surface area contributed by atoms with Gasteiger partial charge in [0.05, 0.1) is 19.2 Å². The first kappa shape index (κ1) is 15.2. The van der Waals surface area contributed by atoms with E-state index in [2.05, 4.69) is 4.74 Å². The predicted molar refractivity (Wildman–Crippen MR) is 82.4 cm³/mol. The summed E-state index contributed by atoms with van der Waals surface area (Å²) in [6.45, 7) is 0.318. The van der Waals surface area contributed by atoms with Crippen LogP contribution in [0.2, 0.25) is 5.02 Å². The smallest absolute Gasteiger partial charge is 0.309 e. The Kier molecular flexibility index (Phi) is 5.06. The number of rotatable bonds is 5. The van der Waals surface area contributed by atoms with Crippen LogP contribution in [0.15, 0.2) is 42.5 Å². The third kappa shape index (κ3) is 4.13. The van der Waals surface area contributed by atoms with Crippen molar-refractivity contribution < 1.29 is 14.3 Å². The Labute approximate surface area is 128 Å². The number of carbonyl (C=O) groups is 1. The van der Waals surface area contributed by atoms with Crippen LogP contribution in [0.5, 0.6) is 5.75 Å². The second kappa shape index (κ2) is 6.99. The predicted octanol–water partition coefficient (Wildman–Crippen LogP) is 3.22. The molecule has 0 saturated carbocycles. The highest BCUT2D eigenvalue weighted by Crippen LogP contribution is 2.26. The lowest BCUT2D eigenvalue weighted by Crippen LogP contribution is -2.08. The molecule has 0 amide bonds. The van der Waals surface area contributed by atoms with Crippen molar-refractivity contribution in [1.82, 2.24) is 0 Å². The van der Waals surface area contributed by atoms with Crippen LogP contribution in [0.25, 0.3) is 0 Å². The van der Waals surface area contributed by atoms with E-state index in [0.717, 1.165) is 11.1 Å². The van der Waals surface area contributed by atoms with E-state index in [4.69, 9.17) is 22.1 Å². The number of halogens is 1. The van der Waals surface area contributed by atoms with Gasteiger partial charge in [-0.25, -0.2) is 0 Å². The van der Waals surface area contributed by atoms with E-state index in [0.29, 0.717) is 23.1 Å². The summed E-state index contributed by atoms with van der Waals surface area (Å²) in [6.07, 6.45) is 0.214. The minimum absolute atomic E-state index is 0.214. The third-order valence-corrected chi connectivity index (χ3v) is 3.27. The van der Waals surface area contributed by atoms with E-state index in [9.17, 15) is 4.79 Å². The zero-order valence-electron chi connectivity index (χ0n) is 11.6. The number of methoxy groups -OCH3 is 1. The van der Waals surface area contributed by atoms with Crippen molar-refractivity contribution in [3.8, 4) is 5.75 Å². The summed E-state index contributed by atoms with van der Waals surface area (Å²) in [5.74, 6) is 0.278. The molecule has 0 bridgehead atoms. The molecule has 21 heavy (non-hydrogen) atoms. The molecule has 0 atom stereocenters. The highest BCUT2D eigenvalue weighted by atomic mass is 35.5. The van der Waals surface area contributed by atoms with Crippen LogP contribution in [0.1, 0.15) is 11.1 Å². The van der Waals surface area contributed by atoms with Crippen LogP contribution < -0.4 is 10.5 Å². The molecular formula is C16H16ClNO3. The Hall–Kier alpha value is -2.20. The molecule has 0 aliphatic carbocycles. The van der Waals surface area contributed by atoms with Crippen molar-refractivity contribution in [2.75, 3.05) is 12.8 Å². The fraction of sp³-hybridized carbons (Fsp3) is 0.188. The van der Waals surface area contributed by atoms with Gasteiger partial charge in [0.15, 0.2) is 0 Å². The Morgan fingerprint density at radius 1 is 1.19 bits per heavy atom. The van der Waals surface area contributed by atoms with Crippen LogP contribution in [-0.2, 0) is 22.6 Å². The lowest BCUT2D eigenvalue weighted by molar-refractivity contribution is -0.139. The SMILES string of the molecule is COC(=O)Cc1ccccc1COc1ccc(Cl)cc1N. The fourth-order valence-electron chi connectivity index (χ4n) is 1.90. The number of nitrogen functional groups attached to an aromatic ring is 1. The van der Waals surface area contributed by atoms with E-state index in [1.807, 2.05) is 24.3 Å². The minimum atomic E-state index is -0.284. The van der Waals surface area contributed by atoms with Gasteiger partial charge in [0.25, 0.3) is 0 Å². The monoisotopic (exact) mass is 305 g/mol. The van der Waals surface area contributed by atoms with E-state index in [-0.39, 0.29) is 12.4 Å². The summed E-state index contributed by atoms with van der Waals surface area (Å²) in [5.41, 5.74) is 8.11. The van der Waals surface area contributed by atoms with Crippen LogP contribution in [0.4, 0.5) is 5.69 Å². The van der Waals surface area contributed by atoms with Gasteiger partial charge in [-0.1, -0.05) is 35.9 Å².